The third-order valence-electron chi connectivity index (χ3n) is 4.88. The fourth-order valence-electron chi connectivity index (χ4n) is 3.23. The van der Waals surface area contributed by atoms with Gasteiger partial charge in [-0.2, -0.15) is 0 Å². The largest absolute Gasteiger partial charge is 0.349 e. The van der Waals surface area contributed by atoms with Crippen molar-refractivity contribution in [2.24, 2.45) is 5.92 Å². The fourth-order valence-corrected chi connectivity index (χ4v) is 3.34. The number of halogens is 1. The molecule has 3 rings (SSSR count). The van der Waals surface area contributed by atoms with Crippen molar-refractivity contribution in [2.45, 2.75) is 32.7 Å². The molecule has 1 N–H and O–H groups in total. The molecule has 0 aliphatic carbocycles. The Kier molecular flexibility index (Phi) is 6.83. The second-order valence-electron chi connectivity index (χ2n) is 7.24. The highest BCUT2D eigenvalue weighted by Crippen LogP contribution is 2.24. The molecular formula is C24H25ClN2O. The van der Waals surface area contributed by atoms with Gasteiger partial charge in [-0.1, -0.05) is 74.0 Å². The maximum Gasteiger partial charge on any atom is 0.252 e. The van der Waals surface area contributed by atoms with E-state index >= 15 is 0 Å². The Balaban J connectivity index is 1.73. The van der Waals surface area contributed by atoms with Gasteiger partial charge in [0.15, 0.2) is 0 Å². The topological polar surface area (TPSA) is 42.0 Å². The summed E-state index contributed by atoms with van der Waals surface area (Å²) < 4.78 is 0. The van der Waals surface area contributed by atoms with E-state index in [0.717, 1.165) is 29.7 Å². The number of rotatable bonds is 7. The van der Waals surface area contributed by atoms with Gasteiger partial charge in [-0.3, -0.25) is 9.78 Å². The Morgan fingerprint density at radius 1 is 1.00 bits per heavy atom. The minimum Gasteiger partial charge on any atom is -0.349 e. The van der Waals surface area contributed by atoms with E-state index < -0.39 is 0 Å². The summed E-state index contributed by atoms with van der Waals surface area (Å²) in [4.78, 5) is 17.4. The van der Waals surface area contributed by atoms with Crippen LogP contribution in [-0.2, 0) is 6.42 Å². The van der Waals surface area contributed by atoms with Crippen molar-refractivity contribution in [3.05, 3.63) is 89.2 Å². The summed E-state index contributed by atoms with van der Waals surface area (Å²) in [5, 5.41) is 3.87. The van der Waals surface area contributed by atoms with Crippen LogP contribution in [0.15, 0.2) is 72.9 Å². The molecule has 0 radical (unpaired) electrons. The average Bonchev–Trinajstić information content (AvgIpc) is 2.72. The molecule has 1 heterocycles. The SMILES string of the molecule is CC(C)[C@@H](CCc1ccc(Cl)cn1)NC(=O)c1ccccc1-c1ccccc1. The number of carbonyl (C=O) groups excluding carboxylic acids is 1. The van der Waals surface area contributed by atoms with Gasteiger partial charge in [0.25, 0.3) is 5.91 Å². The van der Waals surface area contributed by atoms with Gasteiger partial charge in [0.2, 0.25) is 0 Å². The molecular weight excluding hydrogens is 368 g/mol. The van der Waals surface area contributed by atoms with Crippen molar-refractivity contribution in [3.8, 4) is 11.1 Å². The smallest absolute Gasteiger partial charge is 0.252 e. The number of aryl methyl sites for hydroxylation is 1. The zero-order valence-electron chi connectivity index (χ0n) is 16.2. The van der Waals surface area contributed by atoms with E-state index in [-0.39, 0.29) is 11.9 Å². The third-order valence-corrected chi connectivity index (χ3v) is 5.10. The number of hydrogen-bond donors (Lipinski definition) is 1. The van der Waals surface area contributed by atoms with Crippen molar-refractivity contribution in [1.29, 1.82) is 0 Å². The van der Waals surface area contributed by atoms with Crippen molar-refractivity contribution < 1.29 is 4.79 Å². The number of benzene rings is 2. The molecule has 0 fully saturated rings. The first kappa shape index (κ1) is 20.1. The second kappa shape index (κ2) is 9.52. The zero-order chi connectivity index (χ0) is 19.9. The summed E-state index contributed by atoms with van der Waals surface area (Å²) in [5.41, 5.74) is 3.67. The molecule has 3 aromatic rings. The molecule has 0 unspecified atom stereocenters. The van der Waals surface area contributed by atoms with Gasteiger partial charge in [0.05, 0.1) is 5.02 Å². The van der Waals surface area contributed by atoms with Crippen LogP contribution < -0.4 is 5.32 Å². The summed E-state index contributed by atoms with van der Waals surface area (Å²) in [6.45, 7) is 4.26. The van der Waals surface area contributed by atoms with Crippen LogP contribution in [0.4, 0.5) is 0 Å². The maximum atomic E-state index is 13.1. The Hall–Kier alpha value is -2.65. The quantitative estimate of drug-likeness (QED) is 0.553. The normalized spacial score (nSPS) is 12.0. The predicted octanol–water partition coefficient (Wildman–Crippen LogP) is 5.79. The van der Waals surface area contributed by atoms with Crippen molar-refractivity contribution in [2.75, 3.05) is 0 Å². The molecule has 144 valence electrons. The van der Waals surface area contributed by atoms with Crippen LogP contribution in [0.1, 0.15) is 36.3 Å². The van der Waals surface area contributed by atoms with Crippen LogP contribution >= 0.6 is 11.6 Å². The zero-order valence-corrected chi connectivity index (χ0v) is 17.0. The summed E-state index contributed by atoms with van der Waals surface area (Å²) in [6.07, 6.45) is 3.28. The van der Waals surface area contributed by atoms with Crippen LogP contribution in [0.25, 0.3) is 11.1 Å². The van der Waals surface area contributed by atoms with Crippen LogP contribution in [0, 0.1) is 5.92 Å². The van der Waals surface area contributed by atoms with E-state index in [1.54, 1.807) is 6.20 Å². The maximum absolute atomic E-state index is 13.1. The Morgan fingerprint density at radius 3 is 2.39 bits per heavy atom. The number of nitrogens with zero attached hydrogens (tertiary/aromatic N) is 1. The van der Waals surface area contributed by atoms with E-state index in [9.17, 15) is 4.79 Å². The standard InChI is InChI=1S/C24H25ClN2O/c1-17(2)23(15-14-20-13-12-19(25)16-26-20)27-24(28)22-11-7-6-10-21(22)18-8-4-3-5-9-18/h3-13,16-17,23H,14-15H2,1-2H3,(H,27,28)/t23-/m1/s1. The van der Waals surface area contributed by atoms with Crippen molar-refractivity contribution in [3.63, 3.8) is 0 Å². The van der Waals surface area contributed by atoms with Gasteiger partial charge in [-0.25, -0.2) is 0 Å². The summed E-state index contributed by atoms with van der Waals surface area (Å²) >= 11 is 5.91. The fraction of sp³-hybridized carbons (Fsp3) is 0.250. The number of hydrogen-bond acceptors (Lipinski definition) is 2. The highest BCUT2D eigenvalue weighted by atomic mass is 35.5. The number of aromatic nitrogens is 1. The molecule has 0 spiro atoms. The lowest BCUT2D eigenvalue weighted by Crippen LogP contribution is -2.39. The van der Waals surface area contributed by atoms with Crippen LogP contribution in [0.3, 0.4) is 0 Å². The van der Waals surface area contributed by atoms with E-state index in [0.29, 0.717) is 16.5 Å². The first-order valence-electron chi connectivity index (χ1n) is 9.60. The van der Waals surface area contributed by atoms with E-state index in [2.05, 4.69) is 24.1 Å². The van der Waals surface area contributed by atoms with E-state index in [1.807, 2.05) is 66.7 Å². The number of carbonyl (C=O) groups is 1. The molecule has 1 atom stereocenters. The Labute approximate surface area is 171 Å². The molecule has 0 bridgehead atoms. The van der Waals surface area contributed by atoms with Crippen LogP contribution in [0.5, 0.6) is 0 Å². The first-order valence-corrected chi connectivity index (χ1v) is 9.98. The van der Waals surface area contributed by atoms with Crippen molar-refractivity contribution >= 4 is 17.5 Å². The van der Waals surface area contributed by atoms with Gasteiger partial charge in [0.1, 0.15) is 0 Å². The predicted molar refractivity (Wildman–Crippen MR) is 116 cm³/mol. The Morgan fingerprint density at radius 2 is 1.71 bits per heavy atom. The van der Waals surface area contributed by atoms with E-state index in [4.69, 9.17) is 11.6 Å². The average molecular weight is 393 g/mol. The lowest BCUT2D eigenvalue weighted by Gasteiger charge is -2.23. The summed E-state index contributed by atoms with van der Waals surface area (Å²) in [6, 6.07) is 21.6. The highest BCUT2D eigenvalue weighted by Gasteiger charge is 2.19. The van der Waals surface area contributed by atoms with E-state index in [1.165, 1.54) is 0 Å². The van der Waals surface area contributed by atoms with Gasteiger partial charge in [0, 0.05) is 23.5 Å². The molecule has 1 amide bonds. The molecule has 0 saturated carbocycles. The van der Waals surface area contributed by atoms with Crippen molar-refractivity contribution in [1.82, 2.24) is 10.3 Å². The molecule has 3 nitrogen and oxygen atoms in total. The van der Waals surface area contributed by atoms with Gasteiger partial charge in [-0.15, -0.1) is 0 Å². The molecule has 0 aliphatic heterocycles. The molecule has 0 aliphatic rings. The van der Waals surface area contributed by atoms with Crippen LogP contribution in [0.2, 0.25) is 5.02 Å². The highest BCUT2D eigenvalue weighted by molar-refractivity contribution is 6.30. The lowest BCUT2D eigenvalue weighted by molar-refractivity contribution is 0.0924. The third kappa shape index (κ3) is 5.20. The minimum atomic E-state index is -0.0396. The van der Waals surface area contributed by atoms with Gasteiger partial charge in [-0.05, 0) is 48.1 Å². The molecule has 1 aromatic heterocycles. The van der Waals surface area contributed by atoms with Gasteiger partial charge >= 0.3 is 0 Å². The molecule has 0 saturated heterocycles. The monoisotopic (exact) mass is 392 g/mol. The lowest BCUT2D eigenvalue weighted by atomic mass is 9.95. The molecule has 4 heteroatoms. The summed E-state index contributed by atoms with van der Waals surface area (Å²) in [7, 11) is 0. The number of amides is 1. The second-order valence-corrected chi connectivity index (χ2v) is 7.68. The molecule has 2 aromatic carbocycles. The number of pyridine rings is 1. The molecule has 28 heavy (non-hydrogen) atoms. The summed E-state index contributed by atoms with van der Waals surface area (Å²) in [5.74, 6) is 0.280. The first-order chi connectivity index (χ1) is 13.5. The van der Waals surface area contributed by atoms with Gasteiger partial charge < -0.3 is 5.32 Å². The minimum absolute atomic E-state index is 0.0396. The Bertz CT molecular complexity index is 907. The van der Waals surface area contributed by atoms with Crippen LogP contribution in [-0.4, -0.2) is 16.9 Å². The number of nitrogens with one attached hydrogen (secondary N) is 1.